The van der Waals surface area contributed by atoms with Crippen molar-refractivity contribution < 1.29 is 18.0 Å². The van der Waals surface area contributed by atoms with Crippen molar-refractivity contribution in [1.82, 2.24) is 34.3 Å². The third-order valence-electron chi connectivity index (χ3n) is 10.3. The predicted octanol–water partition coefficient (Wildman–Crippen LogP) is 4.22. The molecule has 4 aromatic rings. The van der Waals surface area contributed by atoms with Crippen LogP contribution in [0.2, 0.25) is 5.02 Å². The number of imide groups is 1. The topological polar surface area (TPSA) is 169 Å². The van der Waals surface area contributed by atoms with Crippen LogP contribution in [0, 0.1) is 23.2 Å². The van der Waals surface area contributed by atoms with Gasteiger partial charge in [0.1, 0.15) is 6.07 Å². The maximum Gasteiger partial charge on any atom is 0.329 e. The van der Waals surface area contributed by atoms with Crippen LogP contribution in [0.5, 0.6) is 0 Å². The molecule has 0 bridgehead atoms. The number of halogens is 1. The van der Waals surface area contributed by atoms with Gasteiger partial charge in [-0.05, 0) is 87.5 Å². The molecule has 274 valence electrons. The molecule has 1 atom stereocenters. The quantitative estimate of drug-likeness (QED) is 0.261. The van der Waals surface area contributed by atoms with E-state index in [0.717, 1.165) is 36.8 Å². The summed E-state index contributed by atoms with van der Waals surface area (Å²) in [5.41, 5.74) is 2.85. The second-order valence-corrected chi connectivity index (χ2v) is 16.0. The fourth-order valence-corrected chi connectivity index (χ4v) is 8.81. The molecule has 3 aliphatic heterocycles. The Kier molecular flexibility index (Phi) is 10.4. The number of nitrogens with one attached hydrogen (secondary N) is 2. The zero-order valence-corrected chi connectivity index (χ0v) is 31.0. The van der Waals surface area contributed by atoms with Crippen LogP contribution in [0.15, 0.2) is 53.7 Å². The zero-order chi connectivity index (χ0) is 37.3. The average molecular weight is 755 g/mol. The number of hydrogen-bond donors (Lipinski definition) is 2. The number of aryl methyl sites for hydroxylation is 1. The summed E-state index contributed by atoms with van der Waals surface area (Å²) in [4.78, 5) is 36.4. The van der Waals surface area contributed by atoms with E-state index in [1.54, 1.807) is 4.68 Å². The highest BCUT2D eigenvalue weighted by Crippen LogP contribution is 2.34. The van der Waals surface area contributed by atoms with Gasteiger partial charge in [-0.1, -0.05) is 29.5 Å². The molecule has 0 aliphatic carbocycles. The Hall–Kier alpha value is -5.06. The Bertz CT molecular complexity index is 2260. The maximum atomic E-state index is 13.7. The van der Waals surface area contributed by atoms with E-state index in [1.165, 1.54) is 45.4 Å². The maximum absolute atomic E-state index is 13.7. The Balaban J connectivity index is 0.977. The standard InChI is InChI=1S/C37H39ClN10O4S/c1-24(46-14-9-25(10-15-46)27-6-8-32-33(20-27)45(2)44-35(32)48-18-13-34(49)43-37(48)50)3-4-26-19-31(7-5-28(26)21-39)53(51,52)47-16-11-30(12-17-47)42-36-40-22-29(38)23-41-36/h5-8,19-20,22-25,30H,9-18H2,1-2H3,(H,40,41,42)(H,43,49,50). The third kappa shape index (κ3) is 7.70. The molecule has 3 aliphatic rings. The molecule has 14 nitrogen and oxygen atoms in total. The van der Waals surface area contributed by atoms with Crippen LogP contribution < -0.4 is 15.5 Å². The van der Waals surface area contributed by atoms with E-state index in [9.17, 15) is 23.3 Å². The number of benzene rings is 2. The molecule has 5 heterocycles. The van der Waals surface area contributed by atoms with E-state index in [-0.39, 0.29) is 29.3 Å². The molecular weight excluding hydrogens is 716 g/mol. The number of carbonyl (C=O) groups excluding carboxylic acids is 2. The van der Waals surface area contributed by atoms with Crippen LogP contribution in [-0.4, -0.2) is 94.1 Å². The molecule has 2 aromatic carbocycles. The van der Waals surface area contributed by atoms with Gasteiger partial charge in [-0.2, -0.15) is 14.7 Å². The monoisotopic (exact) mass is 754 g/mol. The number of hydrogen-bond acceptors (Lipinski definition) is 10. The van der Waals surface area contributed by atoms with Crippen LogP contribution in [0.25, 0.3) is 10.9 Å². The molecule has 0 spiro atoms. The Labute approximate surface area is 313 Å². The number of likely N-dealkylation sites (tertiary alicyclic amines) is 1. The lowest BCUT2D eigenvalue weighted by Gasteiger charge is -2.34. The number of nitriles is 1. The van der Waals surface area contributed by atoms with Crippen molar-refractivity contribution >= 4 is 56.2 Å². The van der Waals surface area contributed by atoms with Crippen molar-refractivity contribution in [3.63, 3.8) is 0 Å². The van der Waals surface area contributed by atoms with Gasteiger partial charge >= 0.3 is 6.03 Å². The van der Waals surface area contributed by atoms with Crippen molar-refractivity contribution in [2.24, 2.45) is 7.05 Å². The Morgan fingerprint density at radius 3 is 2.42 bits per heavy atom. The second-order valence-electron chi connectivity index (χ2n) is 13.6. The molecule has 3 amide bonds. The van der Waals surface area contributed by atoms with Crippen molar-refractivity contribution in [2.45, 2.75) is 61.9 Å². The number of aromatic nitrogens is 4. The summed E-state index contributed by atoms with van der Waals surface area (Å²) in [6, 6.07) is 12.4. The molecule has 1 unspecified atom stereocenters. The summed E-state index contributed by atoms with van der Waals surface area (Å²) in [7, 11) is -1.94. The Morgan fingerprint density at radius 1 is 0.981 bits per heavy atom. The van der Waals surface area contributed by atoms with Gasteiger partial charge in [-0.15, -0.1) is 0 Å². The lowest BCUT2D eigenvalue weighted by Crippen LogP contribution is -2.49. The average Bonchev–Trinajstić information content (AvgIpc) is 3.49. The number of nitrogens with zero attached hydrogens (tertiary/aromatic N) is 8. The highest BCUT2D eigenvalue weighted by atomic mass is 35.5. The van der Waals surface area contributed by atoms with E-state index in [0.29, 0.717) is 66.3 Å². The first-order valence-corrected chi connectivity index (χ1v) is 19.4. The minimum Gasteiger partial charge on any atom is -0.351 e. The molecule has 16 heteroatoms. The van der Waals surface area contributed by atoms with Gasteiger partial charge in [0, 0.05) is 50.1 Å². The number of fused-ring (bicyclic) bond motifs is 1. The summed E-state index contributed by atoms with van der Waals surface area (Å²) >= 11 is 5.88. The highest BCUT2D eigenvalue weighted by Gasteiger charge is 2.31. The SMILES string of the molecule is CC(C#Cc1cc(S(=O)(=O)N2CCC(Nc3ncc(Cl)cn3)CC2)ccc1C#N)N1CCC(c2ccc3c(N4CCC(=O)NC4=O)nn(C)c3c2)CC1. The number of carbonyl (C=O) groups is 2. The number of amides is 3. The van der Waals surface area contributed by atoms with Crippen molar-refractivity contribution in [1.29, 1.82) is 5.26 Å². The molecule has 0 saturated carbocycles. The summed E-state index contributed by atoms with van der Waals surface area (Å²) in [6.07, 6.45) is 6.29. The van der Waals surface area contributed by atoms with Crippen LogP contribution in [-0.2, 0) is 21.9 Å². The Morgan fingerprint density at radius 2 is 1.72 bits per heavy atom. The first-order valence-electron chi connectivity index (χ1n) is 17.6. The first-order chi connectivity index (χ1) is 25.5. The zero-order valence-electron chi connectivity index (χ0n) is 29.4. The van der Waals surface area contributed by atoms with E-state index in [1.807, 2.05) is 20.0 Å². The van der Waals surface area contributed by atoms with Gasteiger partial charge in [0.2, 0.25) is 21.9 Å². The van der Waals surface area contributed by atoms with Gasteiger partial charge in [0.25, 0.3) is 0 Å². The van der Waals surface area contributed by atoms with E-state index in [2.05, 4.69) is 60.6 Å². The highest BCUT2D eigenvalue weighted by molar-refractivity contribution is 7.89. The normalized spacial score (nSPS) is 18.6. The van der Waals surface area contributed by atoms with Crippen LogP contribution >= 0.6 is 11.6 Å². The van der Waals surface area contributed by atoms with E-state index < -0.39 is 16.1 Å². The van der Waals surface area contributed by atoms with Crippen molar-refractivity contribution in [3.8, 4) is 17.9 Å². The molecule has 2 aromatic heterocycles. The van der Waals surface area contributed by atoms with Gasteiger partial charge < -0.3 is 5.32 Å². The number of rotatable bonds is 7. The molecule has 2 N–H and O–H groups in total. The summed E-state index contributed by atoms with van der Waals surface area (Å²) in [6.45, 7) is 4.64. The second kappa shape index (κ2) is 15.1. The van der Waals surface area contributed by atoms with Crippen LogP contribution in [0.3, 0.4) is 0 Å². The molecule has 0 radical (unpaired) electrons. The molecule has 53 heavy (non-hydrogen) atoms. The molecule has 3 fully saturated rings. The third-order valence-corrected chi connectivity index (χ3v) is 12.4. The van der Waals surface area contributed by atoms with Crippen LogP contribution in [0.1, 0.15) is 61.6 Å². The molecular formula is C37H39ClN10O4S. The van der Waals surface area contributed by atoms with E-state index in [4.69, 9.17) is 11.6 Å². The van der Waals surface area contributed by atoms with Crippen LogP contribution in [0.4, 0.5) is 16.6 Å². The van der Waals surface area contributed by atoms with Gasteiger partial charge in [-0.3, -0.25) is 24.6 Å². The molecule has 3 saturated heterocycles. The van der Waals surface area contributed by atoms with Crippen molar-refractivity contribution in [3.05, 3.63) is 70.5 Å². The molecule has 7 rings (SSSR count). The van der Waals surface area contributed by atoms with Gasteiger partial charge in [-0.25, -0.2) is 23.2 Å². The number of urea groups is 1. The van der Waals surface area contributed by atoms with Gasteiger partial charge in [0.15, 0.2) is 5.82 Å². The largest absolute Gasteiger partial charge is 0.351 e. The summed E-state index contributed by atoms with van der Waals surface area (Å²) < 4.78 is 30.6. The lowest BCUT2D eigenvalue weighted by molar-refractivity contribution is -0.120. The first kappa shape index (κ1) is 36.3. The van der Waals surface area contributed by atoms with E-state index >= 15 is 0 Å². The fraction of sp³-hybridized carbons (Fsp3) is 0.405. The van der Waals surface area contributed by atoms with Gasteiger partial charge in [0.05, 0.1) is 39.4 Å². The number of sulfonamides is 1. The minimum atomic E-state index is -3.80. The fourth-order valence-electron chi connectivity index (χ4n) is 7.21. The predicted molar refractivity (Wildman–Crippen MR) is 200 cm³/mol. The summed E-state index contributed by atoms with van der Waals surface area (Å²) in [5.74, 6) is 7.46. The number of piperidine rings is 2. The number of anilines is 2. The summed E-state index contributed by atoms with van der Waals surface area (Å²) in [5, 5.41) is 21.3. The van der Waals surface area contributed by atoms with Crippen molar-refractivity contribution in [2.75, 3.05) is 42.9 Å². The smallest absolute Gasteiger partial charge is 0.329 e. The lowest BCUT2D eigenvalue weighted by atomic mass is 9.88. The minimum absolute atomic E-state index is 0.0275.